The summed E-state index contributed by atoms with van der Waals surface area (Å²) in [6.07, 6.45) is 0. The molecule has 2 aromatic carbocycles. The van der Waals surface area contributed by atoms with Crippen LogP contribution in [0.15, 0.2) is 48.5 Å². The van der Waals surface area contributed by atoms with Gasteiger partial charge in [0.1, 0.15) is 0 Å². The zero-order valence-electron chi connectivity index (χ0n) is 12.6. The Morgan fingerprint density at radius 3 is 2.43 bits per heavy atom. The highest BCUT2D eigenvalue weighted by Gasteiger charge is 2.18. The number of aliphatic hydroxyl groups excluding tert-OH is 1. The molecule has 2 aromatic rings. The number of carbonyl (C=O) groups excluding carboxylic acids is 1. The third-order valence-corrected chi connectivity index (χ3v) is 3.49. The molecule has 0 aliphatic rings. The number of rotatable bonds is 5. The number of urea groups is 1. The maximum Gasteiger partial charge on any atom is 0.315 e. The van der Waals surface area contributed by atoms with E-state index in [4.69, 9.17) is 0 Å². The van der Waals surface area contributed by atoms with Gasteiger partial charge in [0, 0.05) is 5.56 Å². The molecule has 0 fully saturated rings. The van der Waals surface area contributed by atoms with E-state index in [0.29, 0.717) is 0 Å². The third-order valence-electron chi connectivity index (χ3n) is 3.49. The standard InChI is InChI=1S/C17H18F2N2O2/c1-11(13-8-5-9-14(18)16(13)19)20-17(23)21-15(10-22)12-6-3-2-4-7-12/h2-9,11,15,22H,10H2,1H3,(H2,20,21,23)/t11-,15-/m1/s1. The summed E-state index contributed by atoms with van der Waals surface area (Å²) in [4.78, 5) is 12.0. The summed E-state index contributed by atoms with van der Waals surface area (Å²) < 4.78 is 26.9. The van der Waals surface area contributed by atoms with E-state index in [1.807, 2.05) is 6.07 Å². The van der Waals surface area contributed by atoms with E-state index in [1.165, 1.54) is 12.1 Å². The number of hydrogen-bond donors (Lipinski definition) is 3. The molecule has 0 spiro atoms. The maximum atomic E-state index is 13.7. The van der Waals surface area contributed by atoms with Crippen LogP contribution >= 0.6 is 0 Å². The Labute approximate surface area is 133 Å². The van der Waals surface area contributed by atoms with Gasteiger partial charge in [-0.1, -0.05) is 42.5 Å². The van der Waals surface area contributed by atoms with Gasteiger partial charge in [-0.2, -0.15) is 0 Å². The fourth-order valence-electron chi connectivity index (χ4n) is 2.25. The van der Waals surface area contributed by atoms with Crippen LogP contribution < -0.4 is 10.6 Å². The molecule has 0 saturated carbocycles. The van der Waals surface area contributed by atoms with Crippen molar-refractivity contribution in [3.8, 4) is 0 Å². The first-order valence-corrected chi connectivity index (χ1v) is 7.19. The first-order chi connectivity index (χ1) is 11.0. The largest absolute Gasteiger partial charge is 0.394 e. The second-order valence-corrected chi connectivity index (χ2v) is 5.13. The molecule has 0 aliphatic carbocycles. The highest BCUT2D eigenvalue weighted by atomic mass is 19.2. The lowest BCUT2D eigenvalue weighted by Crippen LogP contribution is -2.40. The Kier molecular flexibility index (Phi) is 5.65. The molecule has 0 saturated heterocycles. The van der Waals surface area contributed by atoms with Crippen LogP contribution in [-0.2, 0) is 0 Å². The van der Waals surface area contributed by atoms with Crippen LogP contribution in [0.5, 0.6) is 0 Å². The topological polar surface area (TPSA) is 61.4 Å². The van der Waals surface area contributed by atoms with Gasteiger partial charge in [-0.05, 0) is 18.6 Å². The van der Waals surface area contributed by atoms with Crippen molar-refractivity contribution in [3.63, 3.8) is 0 Å². The summed E-state index contributed by atoms with van der Waals surface area (Å²) in [5, 5.41) is 14.5. The molecular formula is C17H18F2N2O2. The van der Waals surface area contributed by atoms with Crippen molar-refractivity contribution in [1.29, 1.82) is 0 Å². The van der Waals surface area contributed by atoms with Crippen LogP contribution in [0.4, 0.5) is 13.6 Å². The van der Waals surface area contributed by atoms with Crippen molar-refractivity contribution >= 4 is 6.03 Å². The van der Waals surface area contributed by atoms with Crippen LogP contribution in [0.2, 0.25) is 0 Å². The molecule has 0 bridgehead atoms. The molecule has 0 heterocycles. The monoisotopic (exact) mass is 320 g/mol. The average Bonchev–Trinajstić information content (AvgIpc) is 2.55. The first kappa shape index (κ1) is 16.9. The van der Waals surface area contributed by atoms with Crippen molar-refractivity contribution in [2.75, 3.05) is 6.61 Å². The van der Waals surface area contributed by atoms with Gasteiger partial charge in [0.05, 0.1) is 18.7 Å². The number of halogens is 2. The molecular weight excluding hydrogens is 302 g/mol. The number of nitrogens with one attached hydrogen (secondary N) is 2. The summed E-state index contributed by atoms with van der Waals surface area (Å²) in [6.45, 7) is 1.27. The third kappa shape index (κ3) is 4.26. The minimum absolute atomic E-state index is 0.0559. The first-order valence-electron chi connectivity index (χ1n) is 7.19. The maximum absolute atomic E-state index is 13.7. The van der Waals surface area contributed by atoms with Crippen molar-refractivity contribution in [2.24, 2.45) is 0 Å². The summed E-state index contributed by atoms with van der Waals surface area (Å²) >= 11 is 0. The van der Waals surface area contributed by atoms with E-state index in [-0.39, 0.29) is 12.2 Å². The van der Waals surface area contributed by atoms with Crippen molar-refractivity contribution in [2.45, 2.75) is 19.0 Å². The summed E-state index contributed by atoms with van der Waals surface area (Å²) in [5.41, 5.74) is 0.801. The number of aliphatic hydroxyl groups is 1. The quantitative estimate of drug-likeness (QED) is 0.793. The summed E-state index contributed by atoms with van der Waals surface area (Å²) in [7, 11) is 0. The van der Waals surface area contributed by atoms with E-state index in [2.05, 4.69) is 10.6 Å². The van der Waals surface area contributed by atoms with Gasteiger partial charge < -0.3 is 15.7 Å². The molecule has 2 atom stereocenters. The highest BCUT2D eigenvalue weighted by molar-refractivity contribution is 5.75. The Bertz CT molecular complexity index is 665. The molecule has 6 heteroatoms. The number of carbonyl (C=O) groups is 1. The van der Waals surface area contributed by atoms with E-state index in [1.54, 1.807) is 31.2 Å². The second-order valence-electron chi connectivity index (χ2n) is 5.13. The number of hydrogen-bond acceptors (Lipinski definition) is 2. The van der Waals surface area contributed by atoms with E-state index >= 15 is 0 Å². The minimum Gasteiger partial charge on any atom is -0.394 e. The number of benzene rings is 2. The van der Waals surface area contributed by atoms with Gasteiger partial charge in [0.15, 0.2) is 11.6 Å². The van der Waals surface area contributed by atoms with Gasteiger partial charge >= 0.3 is 6.03 Å². The normalized spacial score (nSPS) is 13.2. The summed E-state index contributed by atoms with van der Waals surface area (Å²) in [5.74, 6) is -1.95. The predicted molar refractivity (Wildman–Crippen MR) is 82.7 cm³/mol. The molecule has 2 rings (SSSR count). The van der Waals surface area contributed by atoms with Gasteiger partial charge in [0.25, 0.3) is 0 Å². The predicted octanol–water partition coefficient (Wildman–Crippen LogP) is 3.06. The summed E-state index contributed by atoms with van der Waals surface area (Å²) in [6, 6.07) is 10.9. The molecule has 2 amide bonds. The Morgan fingerprint density at radius 1 is 1.09 bits per heavy atom. The molecule has 3 N–H and O–H groups in total. The number of amides is 2. The zero-order valence-corrected chi connectivity index (χ0v) is 12.6. The highest BCUT2D eigenvalue weighted by Crippen LogP contribution is 2.19. The SMILES string of the molecule is C[C@@H](NC(=O)N[C@H](CO)c1ccccc1)c1cccc(F)c1F. The lowest BCUT2D eigenvalue weighted by atomic mass is 10.1. The Morgan fingerprint density at radius 2 is 1.78 bits per heavy atom. The molecule has 23 heavy (non-hydrogen) atoms. The fourth-order valence-corrected chi connectivity index (χ4v) is 2.25. The van der Waals surface area contributed by atoms with Crippen LogP contribution in [0, 0.1) is 11.6 Å². The van der Waals surface area contributed by atoms with Crippen LogP contribution in [0.3, 0.4) is 0 Å². The fraction of sp³-hybridized carbons (Fsp3) is 0.235. The van der Waals surface area contributed by atoms with Crippen LogP contribution in [0.1, 0.15) is 30.1 Å². The molecule has 0 aliphatic heterocycles. The molecule has 0 radical (unpaired) electrons. The Balaban J connectivity index is 2.02. The second kappa shape index (κ2) is 7.69. The molecule has 0 aromatic heterocycles. The smallest absolute Gasteiger partial charge is 0.315 e. The van der Waals surface area contributed by atoms with E-state index < -0.39 is 29.7 Å². The minimum atomic E-state index is -0.984. The molecule has 4 nitrogen and oxygen atoms in total. The lowest BCUT2D eigenvalue weighted by Gasteiger charge is -2.20. The van der Waals surface area contributed by atoms with E-state index in [9.17, 15) is 18.7 Å². The lowest BCUT2D eigenvalue weighted by molar-refractivity contribution is 0.214. The van der Waals surface area contributed by atoms with Gasteiger partial charge in [-0.25, -0.2) is 13.6 Å². The van der Waals surface area contributed by atoms with Crippen LogP contribution in [0.25, 0.3) is 0 Å². The van der Waals surface area contributed by atoms with Crippen molar-refractivity contribution in [3.05, 3.63) is 71.3 Å². The van der Waals surface area contributed by atoms with Gasteiger partial charge in [-0.15, -0.1) is 0 Å². The average molecular weight is 320 g/mol. The van der Waals surface area contributed by atoms with Crippen LogP contribution in [-0.4, -0.2) is 17.7 Å². The Hall–Kier alpha value is -2.47. The van der Waals surface area contributed by atoms with Crippen molar-refractivity contribution < 1.29 is 18.7 Å². The molecule has 0 unspecified atom stereocenters. The van der Waals surface area contributed by atoms with Crippen molar-refractivity contribution in [1.82, 2.24) is 10.6 Å². The molecule has 122 valence electrons. The van der Waals surface area contributed by atoms with E-state index in [0.717, 1.165) is 11.6 Å². The van der Waals surface area contributed by atoms with Gasteiger partial charge in [0.2, 0.25) is 0 Å². The zero-order chi connectivity index (χ0) is 16.8. The van der Waals surface area contributed by atoms with Gasteiger partial charge in [-0.3, -0.25) is 0 Å².